The summed E-state index contributed by atoms with van der Waals surface area (Å²) in [5.74, 6) is -0.0150. The van der Waals surface area contributed by atoms with Gasteiger partial charge in [0, 0.05) is 11.1 Å². The first-order valence-corrected chi connectivity index (χ1v) is 10.5. The minimum absolute atomic E-state index is 0.0106. The van der Waals surface area contributed by atoms with Crippen LogP contribution in [0.25, 0.3) is 0 Å². The highest BCUT2D eigenvalue weighted by molar-refractivity contribution is 5.94. The molecule has 2 N–H and O–H groups in total. The molecule has 2 rings (SSSR count). The second-order valence-corrected chi connectivity index (χ2v) is 8.47. The molecule has 0 radical (unpaired) electrons. The van der Waals surface area contributed by atoms with Crippen molar-refractivity contribution >= 4 is 17.6 Å². The van der Waals surface area contributed by atoms with Crippen LogP contribution in [0.5, 0.6) is 5.75 Å². The number of carbonyl (C=O) groups is 2. The summed E-state index contributed by atoms with van der Waals surface area (Å²) in [5.41, 5.74) is 4.15. The van der Waals surface area contributed by atoms with E-state index in [0.717, 1.165) is 34.4 Å². The van der Waals surface area contributed by atoms with Crippen molar-refractivity contribution in [2.45, 2.75) is 60.3 Å². The lowest BCUT2D eigenvalue weighted by atomic mass is 9.86. The number of carboxylic acids is 1. The lowest BCUT2D eigenvalue weighted by Crippen LogP contribution is -2.31. The summed E-state index contributed by atoms with van der Waals surface area (Å²) in [6.07, 6.45) is 2.17. The molecule has 0 saturated carbocycles. The Hall–Kier alpha value is -2.82. The van der Waals surface area contributed by atoms with Crippen molar-refractivity contribution in [1.29, 1.82) is 0 Å². The highest BCUT2D eigenvalue weighted by Gasteiger charge is 2.27. The van der Waals surface area contributed by atoms with Gasteiger partial charge in [0.15, 0.2) is 0 Å². The number of benzene rings is 2. The zero-order valence-electron chi connectivity index (χ0n) is 18.7. The Labute approximate surface area is 179 Å². The van der Waals surface area contributed by atoms with Crippen molar-refractivity contribution in [1.82, 2.24) is 0 Å². The highest BCUT2D eigenvalue weighted by Crippen LogP contribution is 2.27. The molecule has 0 aliphatic carbocycles. The monoisotopic (exact) mass is 411 g/mol. The van der Waals surface area contributed by atoms with Gasteiger partial charge < -0.3 is 15.2 Å². The maximum Gasteiger partial charge on any atom is 0.307 e. The Kier molecular flexibility index (Phi) is 8.04. The minimum atomic E-state index is -0.856. The number of nitrogens with one attached hydrogen (secondary N) is 1. The van der Waals surface area contributed by atoms with E-state index in [1.807, 2.05) is 52.8 Å². The average Bonchev–Trinajstić information content (AvgIpc) is 2.68. The molecular weight excluding hydrogens is 378 g/mol. The van der Waals surface area contributed by atoms with Crippen LogP contribution in [0.4, 0.5) is 5.69 Å². The molecule has 0 saturated heterocycles. The third-order valence-electron chi connectivity index (χ3n) is 5.35. The first-order valence-electron chi connectivity index (χ1n) is 10.5. The largest absolute Gasteiger partial charge is 0.493 e. The summed E-state index contributed by atoms with van der Waals surface area (Å²) in [5, 5.41) is 12.0. The SMILES string of the molecule is CCc1cc(NC(=O)C(C)(C)CCCOc2cc(C)ccc2C)ccc1CC(=O)O. The van der Waals surface area contributed by atoms with Crippen LogP contribution in [-0.2, 0) is 22.4 Å². The molecule has 162 valence electrons. The van der Waals surface area contributed by atoms with Gasteiger partial charge in [0.2, 0.25) is 5.91 Å². The second-order valence-electron chi connectivity index (χ2n) is 8.47. The minimum Gasteiger partial charge on any atom is -0.493 e. The van der Waals surface area contributed by atoms with Crippen LogP contribution >= 0.6 is 0 Å². The molecule has 2 aromatic rings. The molecule has 0 bridgehead atoms. The fourth-order valence-electron chi connectivity index (χ4n) is 3.34. The van der Waals surface area contributed by atoms with Crippen molar-refractivity contribution in [2.24, 2.45) is 5.41 Å². The summed E-state index contributed by atoms with van der Waals surface area (Å²) in [6.45, 7) is 10.5. The van der Waals surface area contributed by atoms with Gasteiger partial charge in [-0.2, -0.15) is 0 Å². The van der Waals surface area contributed by atoms with Crippen molar-refractivity contribution in [2.75, 3.05) is 11.9 Å². The quantitative estimate of drug-likeness (QED) is 0.519. The second kappa shape index (κ2) is 10.3. The van der Waals surface area contributed by atoms with Gasteiger partial charge in [-0.25, -0.2) is 0 Å². The number of aryl methyl sites for hydroxylation is 3. The van der Waals surface area contributed by atoms with E-state index in [2.05, 4.69) is 11.4 Å². The molecule has 0 aliphatic heterocycles. The summed E-state index contributed by atoms with van der Waals surface area (Å²) >= 11 is 0. The molecule has 30 heavy (non-hydrogen) atoms. The van der Waals surface area contributed by atoms with Crippen LogP contribution < -0.4 is 10.1 Å². The maximum atomic E-state index is 12.8. The fourth-order valence-corrected chi connectivity index (χ4v) is 3.34. The van der Waals surface area contributed by atoms with Crippen LogP contribution in [-0.4, -0.2) is 23.6 Å². The molecule has 0 atom stereocenters. The number of rotatable bonds is 10. The number of aliphatic carboxylic acids is 1. The first kappa shape index (κ1) is 23.5. The lowest BCUT2D eigenvalue weighted by Gasteiger charge is -2.24. The number of carboxylic acid groups (broad SMARTS) is 1. The zero-order chi connectivity index (χ0) is 22.3. The average molecular weight is 412 g/mol. The Morgan fingerprint density at radius 3 is 2.47 bits per heavy atom. The van der Waals surface area contributed by atoms with Gasteiger partial charge in [0.1, 0.15) is 5.75 Å². The Morgan fingerprint density at radius 1 is 1.07 bits per heavy atom. The molecule has 0 unspecified atom stereocenters. The molecule has 0 spiro atoms. The number of anilines is 1. The van der Waals surface area contributed by atoms with Gasteiger partial charge >= 0.3 is 5.97 Å². The van der Waals surface area contributed by atoms with Gasteiger partial charge in [-0.3, -0.25) is 9.59 Å². The van der Waals surface area contributed by atoms with E-state index in [9.17, 15) is 9.59 Å². The molecule has 0 aliphatic rings. The predicted molar refractivity (Wildman–Crippen MR) is 120 cm³/mol. The summed E-state index contributed by atoms with van der Waals surface area (Å²) in [6, 6.07) is 11.6. The van der Waals surface area contributed by atoms with E-state index in [0.29, 0.717) is 25.1 Å². The van der Waals surface area contributed by atoms with Crippen LogP contribution in [0, 0.1) is 19.3 Å². The number of ether oxygens (including phenoxy) is 1. The Balaban J connectivity index is 1.92. The molecule has 0 heterocycles. The molecule has 0 fully saturated rings. The molecule has 2 aromatic carbocycles. The molecule has 1 amide bonds. The summed E-state index contributed by atoms with van der Waals surface area (Å²) in [4.78, 5) is 23.8. The van der Waals surface area contributed by atoms with E-state index < -0.39 is 11.4 Å². The number of carbonyl (C=O) groups excluding carboxylic acids is 1. The molecular formula is C25H33NO4. The normalized spacial score (nSPS) is 11.2. The van der Waals surface area contributed by atoms with Crippen LogP contribution in [0.1, 0.15) is 55.9 Å². The van der Waals surface area contributed by atoms with E-state index in [-0.39, 0.29) is 12.3 Å². The lowest BCUT2D eigenvalue weighted by molar-refractivity contribution is -0.136. The number of hydrogen-bond acceptors (Lipinski definition) is 3. The fraction of sp³-hybridized carbons (Fsp3) is 0.440. The molecule has 5 nitrogen and oxygen atoms in total. The van der Waals surface area contributed by atoms with Crippen LogP contribution in [0.15, 0.2) is 36.4 Å². The van der Waals surface area contributed by atoms with Gasteiger partial charge in [0.25, 0.3) is 0 Å². The van der Waals surface area contributed by atoms with Crippen molar-refractivity contribution < 1.29 is 19.4 Å². The molecule has 5 heteroatoms. The maximum absolute atomic E-state index is 12.8. The van der Waals surface area contributed by atoms with Crippen LogP contribution in [0.3, 0.4) is 0 Å². The van der Waals surface area contributed by atoms with Crippen molar-refractivity contribution in [3.63, 3.8) is 0 Å². The Bertz CT molecular complexity index is 902. The van der Waals surface area contributed by atoms with Gasteiger partial charge in [-0.05, 0) is 73.6 Å². The number of hydrogen-bond donors (Lipinski definition) is 2. The van der Waals surface area contributed by atoms with E-state index >= 15 is 0 Å². The zero-order valence-corrected chi connectivity index (χ0v) is 18.7. The van der Waals surface area contributed by atoms with E-state index in [4.69, 9.17) is 9.84 Å². The van der Waals surface area contributed by atoms with Crippen LogP contribution in [0.2, 0.25) is 0 Å². The van der Waals surface area contributed by atoms with Gasteiger partial charge in [-0.15, -0.1) is 0 Å². The molecule has 0 aromatic heterocycles. The topological polar surface area (TPSA) is 75.6 Å². The predicted octanol–water partition coefficient (Wildman–Crippen LogP) is 5.32. The number of amides is 1. The summed E-state index contributed by atoms with van der Waals surface area (Å²) < 4.78 is 5.91. The van der Waals surface area contributed by atoms with E-state index in [1.165, 1.54) is 0 Å². The first-order chi connectivity index (χ1) is 14.1. The Morgan fingerprint density at radius 2 is 1.80 bits per heavy atom. The van der Waals surface area contributed by atoms with Crippen molar-refractivity contribution in [3.05, 3.63) is 58.7 Å². The highest BCUT2D eigenvalue weighted by atomic mass is 16.5. The summed E-state index contributed by atoms with van der Waals surface area (Å²) in [7, 11) is 0. The van der Waals surface area contributed by atoms with Gasteiger partial charge in [-0.1, -0.05) is 39.0 Å². The third-order valence-corrected chi connectivity index (χ3v) is 5.35. The van der Waals surface area contributed by atoms with Gasteiger partial charge in [0.05, 0.1) is 13.0 Å². The standard InChI is InChI=1S/C25H33NO4/c1-6-19-15-21(11-10-20(19)16-23(27)28)26-24(29)25(4,5)12-7-13-30-22-14-17(2)8-9-18(22)3/h8-11,14-15H,6-7,12-13,16H2,1-5H3,(H,26,29)(H,27,28). The smallest absolute Gasteiger partial charge is 0.307 e. The third kappa shape index (κ3) is 6.61. The van der Waals surface area contributed by atoms with Crippen molar-refractivity contribution in [3.8, 4) is 5.75 Å². The van der Waals surface area contributed by atoms with E-state index in [1.54, 1.807) is 12.1 Å².